The SMILES string of the molecule is CC1CCN(C)C1.CC1CN2CCC1CC2. The van der Waals surface area contributed by atoms with E-state index in [2.05, 4.69) is 30.7 Å². The van der Waals surface area contributed by atoms with Crippen LogP contribution in [0.5, 0.6) is 0 Å². The van der Waals surface area contributed by atoms with Gasteiger partial charge in [0.05, 0.1) is 0 Å². The van der Waals surface area contributed by atoms with Gasteiger partial charge in [-0.05, 0) is 63.7 Å². The van der Waals surface area contributed by atoms with E-state index in [1.807, 2.05) is 0 Å². The van der Waals surface area contributed by atoms with Gasteiger partial charge in [0.15, 0.2) is 0 Å². The van der Waals surface area contributed by atoms with Crippen molar-refractivity contribution in [3.05, 3.63) is 0 Å². The predicted molar refractivity (Wildman–Crippen MR) is 69.6 cm³/mol. The van der Waals surface area contributed by atoms with Gasteiger partial charge in [0.25, 0.3) is 0 Å². The van der Waals surface area contributed by atoms with Gasteiger partial charge < -0.3 is 9.80 Å². The predicted octanol–water partition coefficient (Wildman–Crippen LogP) is 2.31. The zero-order valence-electron chi connectivity index (χ0n) is 11.3. The number of rotatable bonds is 0. The maximum atomic E-state index is 2.60. The number of hydrogen-bond acceptors (Lipinski definition) is 2. The summed E-state index contributed by atoms with van der Waals surface area (Å²) in [6.45, 7) is 11.5. The fourth-order valence-corrected chi connectivity index (χ4v) is 3.42. The Morgan fingerprint density at radius 2 is 1.56 bits per heavy atom. The van der Waals surface area contributed by atoms with Crippen molar-refractivity contribution in [2.75, 3.05) is 39.8 Å². The van der Waals surface area contributed by atoms with Crippen molar-refractivity contribution < 1.29 is 0 Å². The molecule has 2 unspecified atom stereocenters. The Balaban J connectivity index is 0.000000125. The second-order valence-electron chi connectivity index (χ2n) is 6.27. The van der Waals surface area contributed by atoms with E-state index < -0.39 is 0 Å². The van der Waals surface area contributed by atoms with Gasteiger partial charge in [-0.1, -0.05) is 13.8 Å². The molecule has 0 amide bonds. The van der Waals surface area contributed by atoms with Crippen LogP contribution in [0.3, 0.4) is 0 Å². The quantitative estimate of drug-likeness (QED) is 0.623. The van der Waals surface area contributed by atoms with Gasteiger partial charge >= 0.3 is 0 Å². The lowest BCUT2D eigenvalue weighted by molar-refractivity contribution is 0.0603. The molecule has 4 rings (SSSR count). The number of likely N-dealkylation sites (tertiary alicyclic amines) is 1. The molecule has 4 aliphatic rings. The van der Waals surface area contributed by atoms with Crippen molar-refractivity contribution >= 4 is 0 Å². The third-order valence-corrected chi connectivity index (χ3v) is 4.61. The Morgan fingerprint density at radius 1 is 0.875 bits per heavy atom. The third kappa shape index (κ3) is 3.21. The highest BCUT2D eigenvalue weighted by atomic mass is 15.1. The van der Waals surface area contributed by atoms with Crippen LogP contribution < -0.4 is 0 Å². The Morgan fingerprint density at radius 3 is 1.75 bits per heavy atom. The molecule has 2 nitrogen and oxygen atoms in total. The van der Waals surface area contributed by atoms with Crippen molar-refractivity contribution in [2.45, 2.75) is 33.1 Å². The van der Waals surface area contributed by atoms with E-state index >= 15 is 0 Å². The lowest BCUT2D eigenvalue weighted by Gasteiger charge is -2.43. The summed E-state index contributed by atoms with van der Waals surface area (Å²) in [5.41, 5.74) is 0. The van der Waals surface area contributed by atoms with Crippen LogP contribution in [0.15, 0.2) is 0 Å². The molecular weight excluding hydrogens is 196 g/mol. The van der Waals surface area contributed by atoms with Gasteiger partial charge in [-0.3, -0.25) is 0 Å². The minimum Gasteiger partial charge on any atom is -0.306 e. The molecular formula is C14H28N2. The second-order valence-corrected chi connectivity index (χ2v) is 6.27. The molecule has 0 N–H and O–H groups in total. The molecule has 4 saturated heterocycles. The lowest BCUT2D eigenvalue weighted by Crippen LogP contribution is -2.46. The number of hydrogen-bond donors (Lipinski definition) is 0. The molecule has 0 aliphatic carbocycles. The van der Waals surface area contributed by atoms with E-state index in [0.717, 1.165) is 17.8 Å². The zero-order chi connectivity index (χ0) is 11.5. The average Bonchev–Trinajstić information content (AvgIpc) is 2.65. The monoisotopic (exact) mass is 224 g/mol. The van der Waals surface area contributed by atoms with Gasteiger partial charge in [0.1, 0.15) is 0 Å². The largest absolute Gasteiger partial charge is 0.306 e. The maximum absolute atomic E-state index is 2.60. The maximum Gasteiger partial charge on any atom is 0.000968 e. The van der Waals surface area contributed by atoms with Crippen LogP contribution in [0, 0.1) is 17.8 Å². The Kier molecular flexibility index (Phi) is 4.26. The minimum absolute atomic E-state index is 0.949. The van der Waals surface area contributed by atoms with Gasteiger partial charge in [-0.25, -0.2) is 0 Å². The van der Waals surface area contributed by atoms with E-state index in [4.69, 9.17) is 0 Å². The van der Waals surface area contributed by atoms with Crippen molar-refractivity contribution in [3.63, 3.8) is 0 Å². The number of fused-ring (bicyclic) bond motifs is 3. The number of nitrogens with zero attached hydrogens (tertiary/aromatic N) is 2. The first-order valence-corrected chi connectivity index (χ1v) is 7.06. The summed E-state index contributed by atoms with van der Waals surface area (Å²) >= 11 is 0. The molecule has 0 aromatic rings. The van der Waals surface area contributed by atoms with Crippen LogP contribution in [0.1, 0.15) is 33.1 Å². The molecule has 2 bridgehead atoms. The summed E-state index contributed by atoms with van der Waals surface area (Å²) in [4.78, 5) is 4.98. The minimum atomic E-state index is 0.949. The summed E-state index contributed by atoms with van der Waals surface area (Å²) < 4.78 is 0. The Hall–Kier alpha value is -0.0800. The standard InChI is InChI=1S/C8H15N.C6H13N/c1-7-6-9-4-2-8(7)3-5-9;1-6-3-4-7(2)5-6/h7-8H,2-6H2,1H3;6H,3-5H2,1-2H3. The molecule has 0 saturated carbocycles. The first-order chi connectivity index (χ1) is 7.65. The highest BCUT2D eigenvalue weighted by Gasteiger charge is 2.30. The fourth-order valence-electron chi connectivity index (χ4n) is 3.42. The Bertz CT molecular complexity index is 201. The molecule has 0 aromatic carbocycles. The van der Waals surface area contributed by atoms with Crippen LogP contribution in [0.2, 0.25) is 0 Å². The summed E-state index contributed by atoms with van der Waals surface area (Å²) in [6, 6.07) is 0. The molecule has 16 heavy (non-hydrogen) atoms. The smallest absolute Gasteiger partial charge is 0.000968 e. The van der Waals surface area contributed by atoms with Crippen molar-refractivity contribution in [3.8, 4) is 0 Å². The first kappa shape index (κ1) is 12.4. The Labute approximate surface area is 101 Å². The second kappa shape index (κ2) is 5.50. The van der Waals surface area contributed by atoms with Gasteiger partial charge in [0.2, 0.25) is 0 Å². The zero-order valence-corrected chi connectivity index (χ0v) is 11.3. The van der Waals surface area contributed by atoms with E-state index in [-0.39, 0.29) is 0 Å². The molecule has 94 valence electrons. The molecule has 0 aromatic heterocycles. The molecule has 0 spiro atoms. The fraction of sp³-hybridized carbons (Fsp3) is 1.00. The highest BCUT2D eigenvalue weighted by Crippen LogP contribution is 2.31. The summed E-state index contributed by atoms with van der Waals surface area (Å²) in [6.07, 6.45) is 4.35. The van der Waals surface area contributed by atoms with E-state index in [1.165, 1.54) is 52.0 Å². The van der Waals surface area contributed by atoms with E-state index in [9.17, 15) is 0 Å². The molecule has 0 radical (unpaired) electrons. The normalized spacial score (nSPS) is 42.9. The van der Waals surface area contributed by atoms with Gasteiger partial charge in [-0.2, -0.15) is 0 Å². The van der Waals surface area contributed by atoms with Gasteiger partial charge in [0, 0.05) is 13.1 Å². The molecule has 2 heteroatoms. The van der Waals surface area contributed by atoms with Crippen molar-refractivity contribution in [2.24, 2.45) is 17.8 Å². The molecule has 4 fully saturated rings. The summed E-state index contributed by atoms with van der Waals surface area (Å²) in [7, 11) is 2.18. The van der Waals surface area contributed by atoms with Crippen LogP contribution >= 0.6 is 0 Å². The topological polar surface area (TPSA) is 6.48 Å². The van der Waals surface area contributed by atoms with E-state index in [0.29, 0.717) is 0 Å². The van der Waals surface area contributed by atoms with Crippen LogP contribution in [-0.4, -0.2) is 49.6 Å². The number of piperidine rings is 3. The molecule has 2 atom stereocenters. The lowest BCUT2D eigenvalue weighted by atomic mass is 9.80. The van der Waals surface area contributed by atoms with Gasteiger partial charge in [-0.15, -0.1) is 0 Å². The average molecular weight is 224 g/mol. The molecule has 4 heterocycles. The summed E-state index contributed by atoms with van der Waals surface area (Å²) in [5, 5.41) is 0. The first-order valence-electron chi connectivity index (χ1n) is 7.06. The van der Waals surface area contributed by atoms with Crippen LogP contribution in [0.4, 0.5) is 0 Å². The highest BCUT2D eigenvalue weighted by molar-refractivity contribution is 4.83. The van der Waals surface area contributed by atoms with Crippen LogP contribution in [0.25, 0.3) is 0 Å². The molecule has 4 aliphatic heterocycles. The third-order valence-electron chi connectivity index (χ3n) is 4.61. The van der Waals surface area contributed by atoms with Crippen molar-refractivity contribution in [1.82, 2.24) is 9.80 Å². The van der Waals surface area contributed by atoms with Crippen LogP contribution in [-0.2, 0) is 0 Å². The van der Waals surface area contributed by atoms with E-state index in [1.54, 1.807) is 0 Å². The summed E-state index contributed by atoms with van der Waals surface area (Å²) in [5.74, 6) is 3.02. The van der Waals surface area contributed by atoms with Crippen molar-refractivity contribution in [1.29, 1.82) is 0 Å².